The van der Waals surface area contributed by atoms with E-state index in [2.05, 4.69) is 169 Å². The van der Waals surface area contributed by atoms with Gasteiger partial charge in [0.05, 0.1) is 28.1 Å². The molecule has 0 spiro atoms. The monoisotopic (exact) mass is 660 g/mol. The van der Waals surface area contributed by atoms with Crippen molar-refractivity contribution >= 4 is 21.8 Å². The van der Waals surface area contributed by atoms with Gasteiger partial charge in [0.15, 0.2) is 0 Å². The molecule has 7 aromatic rings. The fourth-order valence-corrected chi connectivity index (χ4v) is 7.35. The lowest BCUT2D eigenvalue weighted by Gasteiger charge is -2.24. The first-order valence-corrected chi connectivity index (χ1v) is 17.8. The van der Waals surface area contributed by atoms with Gasteiger partial charge >= 0.3 is 0 Å². The van der Waals surface area contributed by atoms with E-state index in [1.165, 1.54) is 49.8 Å². The first-order valence-electron chi connectivity index (χ1n) is 17.8. The van der Waals surface area contributed by atoms with E-state index in [4.69, 9.17) is 14.8 Å². The molecule has 4 aromatic carbocycles. The smallest absolute Gasteiger partial charge is 0.137 e. The Balaban J connectivity index is 1.38. The zero-order valence-electron chi connectivity index (χ0n) is 31.1. The molecule has 7 rings (SSSR count). The van der Waals surface area contributed by atoms with Gasteiger partial charge < -0.3 is 4.74 Å². The lowest BCUT2D eigenvalue weighted by atomic mass is 9.83. The van der Waals surface area contributed by atoms with Crippen molar-refractivity contribution < 1.29 is 4.74 Å². The molecule has 0 amide bonds. The summed E-state index contributed by atoms with van der Waals surface area (Å²) in [7, 11) is 0. The highest BCUT2D eigenvalue weighted by Gasteiger charge is 2.29. The van der Waals surface area contributed by atoms with Crippen LogP contribution in [-0.2, 0) is 5.41 Å². The Morgan fingerprint density at radius 3 is 2.04 bits per heavy atom. The number of ether oxygens (including phenoxy) is 1. The highest BCUT2D eigenvalue weighted by Crippen LogP contribution is 2.41. The summed E-state index contributed by atoms with van der Waals surface area (Å²) in [6, 6.07) is 32.4. The van der Waals surface area contributed by atoms with Gasteiger partial charge in [0.25, 0.3) is 0 Å². The average Bonchev–Trinajstić information content (AvgIpc) is 3.59. The number of hydrogen-bond donors (Lipinski definition) is 0. The Bertz CT molecular complexity index is 2360. The van der Waals surface area contributed by atoms with E-state index in [1.54, 1.807) is 0 Å². The third-order valence-electron chi connectivity index (χ3n) is 9.87. The zero-order valence-corrected chi connectivity index (χ0v) is 31.1. The molecule has 0 N–H and O–H groups in total. The van der Waals surface area contributed by atoms with Gasteiger partial charge in [-0.1, -0.05) is 84.9 Å². The Hall–Kier alpha value is -5.16. The van der Waals surface area contributed by atoms with E-state index < -0.39 is 0 Å². The summed E-state index contributed by atoms with van der Waals surface area (Å²) in [6.07, 6.45) is 1.92. The number of benzene rings is 4. The number of pyridine rings is 1. The molecule has 5 heteroatoms. The maximum atomic E-state index is 6.80. The van der Waals surface area contributed by atoms with Crippen molar-refractivity contribution in [2.45, 2.75) is 86.5 Å². The van der Waals surface area contributed by atoms with Gasteiger partial charge in [-0.05, 0) is 103 Å². The summed E-state index contributed by atoms with van der Waals surface area (Å²) in [5.74, 6) is 3.18. The fraction of sp³-hybridized carbons (Fsp3) is 0.289. The molecule has 0 unspecified atom stereocenters. The number of para-hydroxylation sites is 1. The summed E-state index contributed by atoms with van der Waals surface area (Å²) in [5, 5.41) is 7.60. The van der Waals surface area contributed by atoms with E-state index in [-0.39, 0.29) is 5.41 Å². The molecule has 0 aliphatic rings. The lowest BCUT2D eigenvalue weighted by Crippen LogP contribution is -2.19. The van der Waals surface area contributed by atoms with Crippen LogP contribution in [0.25, 0.3) is 44.4 Å². The van der Waals surface area contributed by atoms with Crippen LogP contribution in [0.5, 0.6) is 11.5 Å². The number of aryl methyl sites for hydroxylation is 3. The summed E-state index contributed by atoms with van der Waals surface area (Å²) >= 11 is 0. The fourth-order valence-electron chi connectivity index (χ4n) is 7.35. The lowest BCUT2D eigenvalue weighted by molar-refractivity contribution is 0.480. The van der Waals surface area contributed by atoms with Crippen molar-refractivity contribution in [3.8, 4) is 34.1 Å². The van der Waals surface area contributed by atoms with E-state index >= 15 is 0 Å². The molecule has 254 valence electrons. The van der Waals surface area contributed by atoms with Crippen LogP contribution >= 0.6 is 0 Å². The van der Waals surface area contributed by atoms with Gasteiger partial charge in [0.1, 0.15) is 17.3 Å². The first-order chi connectivity index (χ1) is 23.8. The Kier molecular flexibility index (Phi) is 8.42. The van der Waals surface area contributed by atoms with E-state index in [0.717, 1.165) is 39.7 Å². The Morgan fingerprint density at radius 1 is 0.640 bits per heavy atom. The minimum atomic E-state index is -0.167. The molecular formula is C45H48N4O. The number of aromatic nitrogens is 4. The predicted octanol–water partition coefficient (Wildman–Crippen LogP) is 12.3. The second kappa shape index (κ2) is 12.6. The van der Waals surface area contributed by atoms with Gasteiger partial charge in [-0.15, -0.1) is 0 Å². The van der Waals surface area contributed by atoms with Crippen LogP contribution in [0.15, 0.2) is 97.2 Å². The summed E-state index contributed by atoms with van der Waals surface area (Å²) in [4.78, 5) is 4.84. The predicted molar refractivity (Wildman–Crippen MR) is 209 cm³/mol. The first kappa shape index (κ1) is 33.3. The quantitative estimate of drug-likeness (QED) is 0.171. The molecule has 0 fully saturated rings. The van der Waals surface area contributed by atoms with Crippen molar-refractivity contribution in [3.63, 3.8) is 0 Å². The summed E-state index contributed by atoms with van der Waals surface area (Å²) < 4.78 is 11.2. The van der Waals surface area contributed by atoms with Gasteiger partial charge in [-0.3, -0.25) is 4.57 Å². The number of hydrogen-bond acceptors (Lipinski definition) is 3. The average molecular weight is 661 g/mol. The molecule has 0 aliphatic heterocycles. The number of nitrogens with zero attached hydrogens (tertiary/aromatic N) is 4. The topological polar surface area (TPSA) is 44.9 Å². The standard InChI is InChI=1S/C45H48N4O/c1-27(2)32-20-21-46-41(24-32)48-39-17-12-11-16-37(39)38-19-18-35(26-40(38)48)50-36-23-33(28(3)4)22-34(25-36)49-44(45(8,9)10)43(31(7)47-49)42-29(5)14-13-15-30(42)6/h11-28H,1-10H3. The summed E-state index contributed by atoms with van der Waals surface area (Å²) in [6.45, 7) is 22.3. The highest BCUT2D eigenvalue weighted by atomic mass is 16.5. The van der Waals surface area contributed by atoms with Crippen molar-refractivity contribution in [2.75, 3.05) is 0 Å². The molecular weight excluding hydrogens is 613 g/mol. The van der Waals surface area contributed by atoms with Crippen LogP contribution in [0, 0.1) is 20.8 Å². The van der Waals surface area contributed by atoms with Crippen molar-refractivity contribution in [3.05, 3.63) is 131 Å². The second-order valence-corrected chi connectivity index (χ2v) is 15.4. The largest absolute Gasteiger partial charge is 0.457 e. The molecule has 0 saturated heterocycles. The third-order valence-corrected chi connectivity index (χ3v) is 9.87. The van der Waals surface area contributed by atoms with Gasteiger partial charge in [0, 0.05) is 40.1 Å². The normalized spacial score (nSPS) is 12.2. The summed E-state index contributed by atoms with van der Waals surface area (Å²) in [5.41, 5.74) is 12.7. The van der Waals surface area contributed by atoms with Gasteiger partial charge in [-0.25, -0.2) is 9.67 Å². The number of rotatable bonds is 7. The van der Waals surface area contributed by atoms with Crippen LogP contribution in [-0.4, -0.2) is 19.3 Å². The molecule has 0 bridgehead atoms. The number of fused-ring (bicyclic) bond motifs is 3. The van der Waals surface area contributed by atoms with Gasteiger partial charge in [0.2, 0.25) is 0 Å². The molecule has 0 aliphatic carbocycles. The third kappa shape index (κ3) is 5.89. The molecule has 0 saturated carbocycles. The van der Waals surface area contributed by atoms with Crippen LogP contribution < -0.4 is 4.74 Å². The van der Waals surface area contributed by atoms with Crippen molar-refractivity contribution in [1.82, 2.24) is 19.3 Å². The molecule has 0 radical (unpaired) electrons. The molecule has 5 nitrogen and oxygen atoms in total. The van der Waals surface area contributed by atoms with Crippen LogP contribution in [0.1, 0.15) is 93.9 Å². The van der Waals surface area contributed by atoms with Crippen molar-refractivity contribution in [2.24, 2.45) is 0 Å². The molecule has 3 aromatic heterocycles. The molecule has 50 heavy (non-hydrogen) atoms. The van der Waals surface area contributed by atoms with Gasteiger partial charge in [-0.2, -0.15) is 5.10 Å². The van der Waals surface area contributed by atoms with E-state index in [1.807, 2.05) is 6.20 Å². The molecule has 0 atom stereocenters. The zero-order chi connectivity index (χ0) is 35.5. The van der Waals surface area contributed by atoms with Crippen LogP contribution in [0.2, 0.25) is 0 Å². The van der Waals surface area contributed by atoms with Crippen LogP contribution in [0.3, 0.4) is 0 Å². The SMILES string of the molecule is Cc1cccc(C)c1-c1c(C)nn(-c2cc(Oc3ccc4c5ccccc5n(-c5cc(C(C)C)ccn5)c4c3)cc(C(C)C)c2)c1C(C)(C)C. The minimum absolute atomic E-state index is 0.167. The van der Waals surface area contributed by atoms with Crippen molar-refractivity contribution in [1.29, 1.82) is 0 Å². The maximum absolute atomic E-state index is 6.80. The van der Waals surface area contributed by atoms with E-state index in [0.29, 0.717) is 11.8 Å². The maximum Gasteiger partial charge on any atom is 0.137 e. The van der Waals surface area contributed by atoms with E-state index in [9.17, 15) is 0 Å². The molecule has 3 heterocycles. The Labute approximate surface area is 296 Å². The van der Waals surface area contributed by atoms with Crippen LogP contribution in [0.4, 0.5) is 0 Å². The highest BCUT2D eigenvalue weighted by molar-refractivity contribution is 6.09. The second-order valence-electron chi connectivity index (χ2n) is 15.4. The Morgan fingerprint density at radius 2 is 1.34 bits per heavy atom. The minimum Gasteiger partial charge on any atom is -0.457 e.